The van der Waals surface area contributed by atoms with Gasteiger partial charge in [-0.05, 0) is 38.1 Å². The molecule has 4 heteroatoms. The molecular formula is C17H19NO3. The SMILES string of the molecule is CCOc1ccc(C(=O)c2cccc(N)c2)c(OCC)c1. The molecule has 0 saturated carbocycles. The lowest BCUT2D eigenvalue weighted by Crippen LogP contribution is -2.06. The van der Waals surface area contributed by atoms with E-state index >= 15 is 0 Å². The van der Waals surface area contributed by atoms with Crippen LogP contribution >= 0.6 is 0 Å². The highest BCUT2D eigenvalue weighted by molar-refractivity contribution is 6.11. The van der Waals surface area contributed by atoms with Crippen LogP contribution in [0.1, 0.15) is 29.8 Å². The van der Waals surface area contributed by atoms with Crippen molar-refractivity contribution in [2.24, 2.45) is 0 Å². The standard InChI is InChI=1S/C17H19NO3/c1-3-20-14-8-9-15(16(11-14)21-4-2)17(19)12-6-5-7-13(18)10-12/h5-11H,3-4,18H2,1-2H3. The van der Waals surface area contributed by atoms with Crippen LogP contribution in [0.4, 0.5) is 5.69 Å². The topological polar surface area (TPSA) is 61.5 Å². The van der Waals surface area contributed by atoms with Crippen molar-refractivity contribution in [1.82, 2.24) is 0 Å². The molecule has 2 rings (SSSR count). The van der Waals surface area contributed by atoms with E-state index in [9.17, 15) is 4.79 Å². The maximum atomic E-state index is 12.6. The third-order valence-corrected chi connectivity index (χ3v) is 2.96. The average molecular weight is 285 g/mol. The Bertz CT molecular complexity index is 638. The summed E-state index contributed by atoms with van der Waals surface area (Å²) in [6, 6.07) is 12.1. The number of hydrogen-bond donors (Lipinski definition) is 1. The molecule has 4 nitrogen and oxygen atoms in total. The highest BCUT2D eigenvalue weighted by atomic mass is 16.5. The Balaban J connectivity index is 2.39. The van der Waals surface area contributed by atoms with E-state index < -0.39 is 0 Å². The van der Waals surface area contributed by atoms with Crippen LogP contribution in [0, 0.1) is 0 Å². The first-order valence-corrected chi connectivity index (χ1v) is 6.95. The van der Waals surface area contributed by atoms with Gasteiger partial charge in [0, 0.05) is 17.3 Å². The molecule has 0 unspecified atom stereocenters. The monoisotopic (exact) mass is 285 g/mol. The second-order valence-electron chi connectivity index (χ2n) is 4.48. The Morgan fingerprint density at radius 3 is 2.48 bits per heavy atom. The highest BCUT2D eigenvalue weighted by Crippen LogP contribution is 2.27. The first kappa shape index (κ1) is 14.9. The number of rotatable bonds is 6. The van der Waals surface area contributed by atoms with Crippen LogP contribution in [0.3, 0.4) is 0 Å². The number of ketones is 1. The van der Waals surface area contributed by atoms with Crippen LogP contribution in [-0.2, 0) is 0 Å². The van der Waals surface area contributed by atoms with Crippen LogP contribution in [0.25, 0.3) is 0 Å². The molecule has 21 heavy (non-hydrogen) atoms. The van der Waals surface area contributed by atoms with E-state index in [1.807, 2.05) is 13.8 Å². The van der Waals surface area contributed by atoms with Gasteiger partial charge in [0.2, 0.25) is 0 Å². The van der Waals surface area contributed by atoms with Crippen molar-refractivity contribution < 1.29 is 14.3 Å². The minimum atomic E-state index is -0.117. The number of anilines is 1. The molecule has 0 fully saturated rings. The smallest absolute Gasteiger partial charge is 0.196 e. The van der Waals surface area contributed by atoms with Crippen molar-refractivity contribution in [1.29, 1.82) is 0 Å². The predicted molar refractivity (Wildman–Crippen MR) is 83.1 cm³/mol. The van der Waals surface area contributed by atoms with Crippen molar-refractivity contribution in [2.75, 3.05) is 18.9 Å². The zero-order valence-electron chi connectivity index (χ0n) is 12.3. The summed E-state index contributed by atoms with van der Waals surface area (Å²) in [7, 11) is 0. The Morgan fingerprint density at radius 1 is 1.05 bits per heavy atom. The first-order chi connectivity index (χ1) is 10.2. The molecule has 0 aliphatic rings. The van der Waals surface area contributed by atoms with Crippen LogP contribution in [0.15, 0.2) is 42.5 Å². The number of benzene rings is 2. The fraction of sp³-hybridized carbons (Fsp3) is 0.235. The lowest BCUT2D eigenvalue weighted by molar-refractivity contribution is 0.103. The molecule has 0 aliphatic carbocycles. The zero-order valence-corrected chi connectivity index (χ0v) is 12.3. The predicted octanol–water partition coefficient (Wildman–Crippen LogP) is 3.30. The van der Waals surface area contributed by atoms with Crippen molar-refractivity contribution >= 4 is 11.5 Å². The van der Waals surface area contributed by atoms with Crippen LogP contribution in [0.5, 0.6) is 11.5 Å². The van der Waals surface area contributed by atoms with Gasteiger partial charge < -0.3 is 15.2 Å². The molecule has 0 aromatic heterocycles. The summed E-state index contributed by atoms with van der Waals surface area (Å²) in [6.07, 6.45) is 0. The van der Waals surface area contributed by atoms with E-state index in [1.54, 1.807) is 42.5 Å². The van der Waals surface area contributed by atoms with Gasteiger partial charge in [-0.25, -0.2) is 0 Å². The average Bonchev–Trinajstić information content (AvgIpc) is 2.48. The first-order valence-electron chi connectivity index (χ1n) is 6.95. The summed E-state index contributed by atoms with van der Waals surface area (Å²) < 4.78 is 11.0. The van der Waals surface area contributed by atoms with Crippen molar-refractivity contribution in [2.45, 2.75) is 13.8 Å². The number of carbonyl (C=O) groups excluding carboxylic acids is 1. The largest absolute Gasteiger partial charge is 0.494 e. The maximum Gasteiger partial charge on any atom is 0.196 e. The molecular weight excluding hydrogens is 266 g/mol. The van der Waals surface area contributed by atoms with Gasteiger partial charge in [-0.2, -0.15) is 0 Å². The minimum Gasteiger partial charge on any atom is -0.494 e. The quantitative estimate of drug-likeness (QED) is 0.653. The van der Waals surface area contributed by atoms with Gasteiger partial charge in [0.05, 0.1) is 18.8 Å². The van der Waals surface area contributed by atoms with Gasteiger partial charge in [0.15, 0.2) is 5.78 Å². The number of ether oxygens (including phenoxy) is 2. The molecule has 110 valence electrons. The number of hydrogen-bond acceptors (Lipinski definition) is 4. The van der Waals surface area contributed by atoms with Gasteiger partial charge in [-0.15, -0.1) is 0 Å². The van der Waals surface area contributed by atoms with E-state index in [4.69, 9.17) is 15.2 Å². The summed E-state index contributed by atoms with van der Waals surface area (Å²) in [5.41, 5.74) is 7.34. The third-order valence-electron chi connectivity index (χ3n) is 2.96. The fourth-order valence-corrected chi connectivity index (χ4v) is 2.06. The fourth-order valence-electron chi connectivity index (χ4n) is 2.06. The van der Waals surface area contributed by atoms with Crippen LogP contribution in [0.2, 0.25) is 0 Å². The Morgan fingerprint density at radius 2 is 1.81 bits per heavy atom. The molecule has 0 atom stereocenters. The van der Waals surface area contributed by atoms with Gasteiger partial charge in [-0.3, -0.25) is 4.79 Å². The molecule has 2 aromatic rings. The Hall–Kier alpha value is -2.49. The summed E-state index contributed by atoms with van der Waals surface area (Å²) in [6.45, 7) is 4.83. The van der Waals surface area contributed by atoms with E-state index in [2.05, 4.69) is 0 Å². The number of nitrogen functional groups attached to an aromatic ring is 1. The van der Waals surface area contributed by atoms with Crippen molar-refractivity contribution in [3.05, 3.63) is 53.6 Å². The summed E-state index contributed by atoms with van der Waals surface area (Å²) in [4.78, 5) is 12.6. The lowest BCUT2D eigenvalue weighted by Gasteiger charge is -2.12. The summed E-state index contributed by atoms with van der Waals surface area (Å²) >= 11 is 0. The molecule has 0 saturated heterocycles. The van der Waals surface area contributed by atoms with Gasteiger partial charge >= 0.3 is 0 Å². The van der Waals surface area contributed by atoms with E-state index in [-0.39, 0.29) is 5.78 Å². The summed E-state index contributed by atoms with van der Waals surface area (Å²) in [5.74, 6) is 1.09. The summed E-state index contributed by atoms with van der Waals surface area (Å²) in [5, 5.41) is 0. The van der Waals surface area contributed by atoms with Crippen molar-refractivity contribution in [3.63, 3.8) is 0 Å². The third kappa shape index (κ3) is 3.54. The maximum absolute atomic E-state index is 12.6. The molecule has 0 bridgehead atoms. The van der Waals surface area contributed by atoms with Crippen molar-refractivity contribution in [3.8, 4) is 11.5 Å². The molecule has 2 N–H and O–H groups in total. The molecule has 2 aromatic carbocycles. The molecule has 0 aliphatic heterocycles. The van der Waals surface area contributed by atoms with Crippen LogP contribution in [-0.4, -0.2) is 19.0 Å². The zero-order chi connectivity index (χ0) is 15.2. The van der Waals surface area contributed by atoms with Crippen LogP contribution < -0.4 is 15.2 Å². The minimum absolute atomic E-state index is 0.117. The Kier molecular flexibility index (Phi) is 4.82. The highest BCUT2D eigenvalue weighted by Gasteiger charge is 2.16. The van der Waals surface area contributed by atoms with E-state index in [1.165, 1.54) is 0 Å². The van der Waals surface area contributed by atoms with E-state index in [0.717, 1.165) is 0 Å². The molecule has 0 amide bonds. The lowest BCUT2D eigenvalue weighted by atomic mass is 10.0. The molecule has 0 radical (unpaired) electrons. The second-order valence-corrected chi connectivity index (χ2v) is 4.48. The number of carbonyl (C=O) groups is 1. The normalized spacial score (nSPS) is 10.2. The van der Waals surface area contributed by atoms with Gasteiger partial charge in [0.1, 0.15) is 11.5 Å². The van der Waals surface area contributed by atoms with E-state index in [0.29, 0.717) is 41.5 Å². The Labute approximate surface area is 124 Å². The second kappa shape index (κ2) is 6.79. The molecule has 0 heterocycles. The number of nitrogens with two attached hydrogens (primary N) is 1. The molecule has 0 spiro atoms. The van der Waals surface area contributed by atoms with Gasteiger partial charge in [0.25, 0.3) is 0 Å². The van der Waals surface area contributed by atoms with Gasteiger partial charge in [-0.1, -0.05) is 12.1 Å².